The molecule has 1 aliphatic heterocycles. The van der Waals surface area contributed by atoms with E-state index < -0.39 is 54.3 Å². The first kappa shape index (κ1) is 50.8. The van der Waals surface area contributed by atoms with Gasteiger partial charge in [0.1, 0.15) is 12.1 Å². The quantitative estimate of drug-likeness (QED) is 0.105. The number of hydrogen-bond donors (Lipinski definition) is 3. The lowest BCUT2D eigenvalue weighted by Crippen LogP contribution is -2.60. The Balaban J connectivity index is 1.79. The molecule has 3 rings (SSSR count). The van der Waals surface area contributed by atoms with Gasteiger partial charge in [0.15, 0.2) is 0 Å². The maximum atomic E-state index is 14.5. The second kappa shape index (κ2) is 24.2. The van der Waals surface area contributed by atoms with Gasteiger partial charge in [0, 0.05) is 46.5 Å². The standard InChI is InChI=1S/C47H74N6O8/c1-13-31(6)42(52(9)46(57)40(29(2)3)50-45(56)41(30(4)5)51(8)28-34-21-17-22-35(48)25-34)38(59-10)27-39(54)53-24-18-23-37(53)43(60-11)32(7)44(55)49-36(47(58)61-12)26-33-19-15-14-16-20-33/h14-17,19-22,25,29-32,36-38,40-43H,13,18,23-24,26-28,48H2,1-12H3,(H,49,55)(H,50,56)/t31-,32+,36-,37-,38+,40-,41?,42-,43+/m0/s1. The van der Waals surface area contributed by atoms with E-state index in [1.807, 2.05) is 108 Å². The zero-order valence-corrected chi connectivity index (χ0v) is 38.7. The van der Waals surface area contributed by atoms with Crippen molar-refractivity contribution in [1.29, 1.82) is 0 Å². The molecule has 61 heavy (non-hydrogen) atoms. The Kier molecular flexibility index (Phi) is 20.2. The van der Waals surface area contributed by atoms with Crippen molar-refractivity contribution in [2.24, 2.45) is 23.7 Å². The third-order valence-electron chi connectivity index (χ3n) is 12.3. The largest absolute Gasteiger partial charge is 0.467 e. The Bertz CT molecular complexity index is 1730. The molecule has 1 fully saturated rings. The minimum Gasteiger partial charge on any atom is -0.467 e. The summed E-state index contributed by atoms with van der Waals surface area (Å²) >= 11 is 0. The Morgan fingerprint density at radius 1 is 0.852 bits per heavy atom. The molecule has 0 bridgehead atoms. The molecule has 14 heteroatoms. The van der Waals surface area contributed by atoms with Gasteiger partial charge in [-0.05, 0) is 60.9 Å². The van der Waals surface area contributed by atoms with Crippen molar-refractivity contribution in [1.82, 2.24) is 25.3 Å². The molecule has 1 saturated heterocycles. The number of rotatable bonds is 23. The lowest BCUT2D eigenvalue weighted by molar-refractivity contribution is -0.149. The number of methoxy groups -OCH3 is 3. The van der Waals surface area contributed by atoms with Crippen molar-refractivity contribution in [3.05, 3.63) is 65.7 Å². The number of nitrogens with two attached hydrogens (primary N) is 1. The highest BCUT2D eigenvalue weighted by atomic mass is 16.5. The minimum absolute atomic E-state index is 0.0128. The third-order valence-corrected chi connectivity index (χ3v) is 12.3. The number of carbonyl (C=O) groups excluding carboxylic acids is 5. The summed E-state index contributed by atoms with van der Waals surface area (Å²) in [7, 11) is 7.99. The molecule has 340 valence electrons. The molecule has 2 aromatic rings. The van der Waals surface area contributed by atoms with E-state index >= 15 is 0 Å². The van der Waals surface area contributed by atoms with Crippen LogP contribution in [0, 0.1) is 23.7 Å². The molecule has 1 heterocycles. The summed E-state index contributed by atoms with van der Waals surface area (Å²) < 4.78 is 17.0. The first-order chi connectivity index (χ1) is 28.9. The number of nitrogens with zero attached hydrogens (tertiary/aromatic N) is 3. The van der Waals surface area contributed by atoms with Crippen molar-refractivity contribution < 1.29 is 38.2 Å². The van der Waals surface area contributed by atoms with Crippen LogP contribution < -0.4 is 16.4 Å². The molecule has 0 aliphatic carbocycles. The molecule has 4 N–H and O–H groups in total. The summed E-state index contributed by atoms with van der Waals surface area (Å²) in [6.07, 6.45) is 0.966. The summed E-state index contributed by atoms with van der Waals surface area (Å²) in [5, 5.41) is 5.97. The Labute approximate surface area is 364 Å². The molecule has 0 spiro atoms. The van der Waals surface area contributed by atoms with E-state index in [0.29, 0.717) is 31.6 Å². The predicted octanol–water partition coefficient (Wildman–Crippen LogP) is 4.69. The SMILES string of the molecule is CC[C@H](C)[C@@H]([C@@H](CC(=O)N1CCC[C@H]1[C@H](OC)[C@@H](C)C(=O)N[C@@H](Cc1ccccc1)C(=O)OC)OC)N(C)C(=O)[C@@H](NC(=O)C(C(C)C)N(C)Cc1cccc(N)c1)C(C)C. The lowest BCUT2D eigenvalue weighted by atomic mass is 9.89. The Morgan fingerprint density at radius 2 is 1.51 bits per heavy atom. The Hall–Kier alpha value is -4.53. The number of likely N-dealkylation sites (tertiary alicyclic amines) is 1. The molecule has 0 saturated carbocycles. The van der Waals surface area contributed by atoms with Crippen molar-refractivity contribution in [2.45, 2.75) is 130 Å². The minimum atomic E-state index is -0.901. The van der Waals surface area contributed by atoms with Gasteiger partial charge >= 0.3 is 5.97 Å². The van der Waals surface area contributed by atoms with Crippen molar-refractivity contribution in [3.8, 4) is 0 Å². The van der Waals surface area contributed by atoms with Crippen LogP contribution in [0.5, 0.6) is 0 Å². The van der Waals surface area contributed by atoms with Gasteiger partial charge in [-0.1, -0.05) is 97.4 Å². The molecule has 9 atom stereocenters. The summed E-state index contributed by atoms with van der Waals surface area (Å²) in [5.41, 5.74) is 8.53. The fourth-order valence-electron chi connectivity index (χ4n) is 8.86. The van der Waals surface area contributed by atoms with Crippen LogP contribution in [0.1, 0.15) is 85.3 Å². The summed E-state index contributed by atoms with van der Waals surface area (Å²) in [4.78, 5) is 74.8. The van der Waals surface area contributed by atoms with Gasteiger partial charge < -0.3 is 40.4 Å². The number of nitrogen functional groups attached to an aromatic ring is 1. The summed E-state index contributed by atoms with van der Waals surface area (Å²) in [6.45, 7) is 14.6. The van der Waals surface area contributed by atoms with Gasteiger partial charge in [0.25, 0.3) is 0 Å². The van der Waals surface area contributed by atoms with Crippen LogP contribution in [0.3, 0.4) is 0 Å². The van der Waals surface area contributed by atoms with Gasteiger partial charge in [0.2, 0.25) is 23.6 Å². The monoisotopic (exact) mass is 851 g/mol. The van der Waals surface area contributed by atoms with Crippen molar-refractivity contribution >= 4 is 35.3 Å². The number of likely N-dealkylation sites (N-methyl/N-ethyl adjacent to an activating group) is 2. The highest BCUT2D eigenvalue weighted by Gasteiger charge is 2.43. The van der Waals surface area contributed by atoms with Gasteiger partial charge in [-0.3, -0.25) is 24.1 Å². The number of benzene rings is 2. The van der Waals surface area contributed by atoms with Crippen LogP contribution >= 0.6 is 0 Å². The number of ether oxygens (including phenoxy) is 3. The number of nitrogens with one attached hydrogen (secondary N) is 2. The number of anilines is 1. The maximum Gasteiger partial charge on any atom is 0.328 e. The molecular formula is C47H74N6O8. The molecule has 14 nitrogen and oxygen atoms in total. The zero-order valence-electron chi connectivity index (χ0n) is 38.7. The van der Waals surface area contributed by atoms with Crippen molar-refractivity contribution in [2.75, 3.05) is 47.7 Å². The smallest absolute Gasteiger partial charge is 0.328 e. The van der Waals surface area contributed by atoms with Crippen LogP contribution in [-0.4, -0.2) is 129 Å². The van der Waals surface area contributed by atoms with E-state index in [1.165, 1.54) is 14.2 Å². The average molecular weight is 851 g/mol. The van der Waals surface area contributed by atoms with Crippen molar-refractivity contribution in [3.63, 3.8) is 0 Å². The fourth-order valence-corrected chi connectivity index (χ4v) is 8.86. The summed E-state index contributed by atoms with van der Waals surface area (Å²) in [6, 6.07) is 13.8. The first-order valence-corrected chi connectivity index (χ1v) is 21.8. The van der Waals surface area contributed by atoms with Gasteiger partial charge in [-0.2, -0.15) is 0 Å². The van der Waals surface area contributed by atoms with E-state index in [4.69, 9.17) is 19.9 Å². The topological polar surface area (TPSA) is 173 Å². The van der Waals surface area contributed by atoms with Gasteiger partial charge in [-0.15, -0.1) is 0 Å². The lowest BCUT2D eigenvalue weighted by Gasteiger charge is -2.41. The van der Waals surface area contributed by atoms with Crippen LogP contribution in [0.25, 0.3) is 0 Å². The number of amides is 4. The number of carbonyl (C=O) groups is 5. The second-order valence-electron chi connectivity index (χ2n) is 17.4. The van der Waals surface area contributed by atoms with E-state index in [9.17, 15) is 24.0 Å². The maximum absolute atomic E-state index is 14.5. The number of esters is 1. The van der Waals surface area contributed by atoms with Gasteiger partial charge in [0.05, 0.1) is 49.8 Å². The highest BCUT2D eigenvalue weighted by Crippen LogP contribution is 2.30. The third kappa shape index (κ3) is 13.7. The fraction of sp³-hybridized carbons (Fsp3) is 0.638. The molecule has 0 radical (unpaired) electrons. The molecule has 2 aromatic carbocycles. The Morgan fingerprint density at radius 3 is 2.07 bits per heavy atom. The molecule has 1 aliphatic rings. The first-order valence-electron chi connectivity index (χ1n) is 21.8. The van der Waals surface area contributed by atoms with Gasteiger partial charge in [-0.25, -0.2) is 4.79 Å². The zero-order chi connectivity index (χ0) is 45.6. The van der Waals surface area contributed by atoms with E-state index in [2.05, 4.69) is 10.6 Å². The van der Waals surface area contributed by atoms with Crippen LogP contribution in [0.4, 0.5) is 5.69 Å². The molecular weight excluding hydrogens is 777 g/mol. The second-order valence-corrected chi connectivity index (χ2v) is 17.4. The number of hydrogen-bond acceptors (Lipinski definition) is 10. The van der Waals surface area contributed by atoms with E-state index in [1.54, 1.807) is 30.9 Å². The van der Waals surface area contributed by atoms with Crippen LogP contribution in [-0.2, 0) is 51.1 Å². The average Bonchev–Trinajstić information content (AvgIpc) is 3.71. The normalized spacial score (nSPS) is 18.1. The molecule has 0 aromatic heterocycles. The van der Waals surface area contributed by atoms with Crippen LogP contribution in [0.15, 0.2) is 54.6 Å². The molecule has 1 unspecified atom stereocenters. The van der Waals surface area contributed by atoms with E-state index in [-0.39, 0.29) is 54.2 Å². The molecule has 4 amide bonds. The van der Waals surface area contributed by atoms with Crippen LogP contribution in [0.2, 0.25) is 0 Å². The van der Waals surface area contributed by atoms with E-state index in [0.717, 1.165) is 17.5 Å². The highest BCUT2D eigenvalue weighted by molar-refractivity contribution is 5.90. The summed E-state index contributed by atoms with van der Waals surface area (Å²) in [5.74, 6) is -2.68. The predicted molar refractivity (Wildman–Crippen MR) is 238 cm³/mol.